The second-order valence-corrected chi connectivity index (χ2v) is 6.44. The quantitative estimate of drug-likeness (QED) is 0.622. The zero-order chi connectivity index (χ0) is 16.5. The summed E-state index contributed by atoms with van der Waals surface area (Å²) < 4.78 is 0. The van der Waals surface area contributed by atoms with Gasteiger partial charge in [0.05, 0.1) is 0 Å². The Labute approximate surface area is 142 Å². The van der Waals surface area contributed by atoms with Gasteiger partial charge < -0.3 is 10.2 Å². The average molecular weight is 326 g/mol. The fourth-order valence-electron chi connectivity index (χ4n) is 2.14. The molecule has 0 aliphatic rings. The van der Waals surface area contributed by atoms with Gasteiger partial charge in [-0.15, -0.1) is 0 Å². The molecular formula is C19H22N2OS. The maximum atomic E-state index is 11.9. The van der Waals surface area contributed by atoms with Gasteiger partial charge in [-0.25, -0.2) is 0 Å². The molecule has 4 heteroatoms. The van der Waals surface area contributed by atoms with Crippen LogP contribution in [-0.2, 0) is 17.9 Å². The molecule has 2 aromatic carbocycles. The number of nitrogens with one attached hydrogen (secondary N) is 1. The van der Waals surface area contributed by atoms with Crippen LogP contribution in [0.5, 0.6) is 0 Å². The molecule has 1 amide bonds. The molecule has 0 aliphatic heterocycles. The van der Waals surface area contributed by atoms with Crippen LogP contribution in [0.25, 0.3) is 0 Å². The molecule has 0 saturated carbocycles. The van der Waals surface area contributed by atoms with E-state index in [0.29, 0.717) is 6.54 Å². The smallest absolute Gasteiger partial charge is 0.244 e. The molecule has 0 fully saturated rings. The van der Waals surface area contributed by atoms with E-state index in [4.69, 9.17) is 0 Å². The highest BCUT2D eigenvalue weighted by atomic mass is 32.2. The second-order valence-electron chi connectivity index (χ2n) is 5.46. The van der Waals surface area contributed by atoms with Crippen LogP contribution in [0.2, 0.25) is 0 Å². The lowest BCUT2D eigenvalue weighted by atomic mass is 10.1. The van der Waals surface area contributed by atoms with E-state index in [1.165, 1.54) is 17.3 Å². The lowest BCUT2D eigenvalue weighted by Crippen LogP contribution is -2.22. The molecule has 2 aromatic rings. The molecule has 0 saturated heterocycles. The van der Waals surface area contributed by atoms with E-state index in [0.717, 1.165) is 17.0 Å². The average Bonchev–Trinajstić information content (AvgIpc) is 2.54. The Bertz CT molecular complexity index is 653. The fraction of sp³-hybridized carbons (Fsp3) is 0.211. The van der Waals surface area contributed by atoms with Crippen molar-refractivity contribution in [2.45, 2.75) is 18.0 Å². The standard InChI is InChI=1S/C19H22N2OS/c1-21(2)15-17-9-7-6-8-16(17)14-20-19(22)12-13-23-18-10-4-3-5-11-18/h3-13H,14-15H2,1-2H3,(H,20,22)/b13-12+. The fourth-order valence-corrected chi connectivity index (χ4v) is 2.80. The minimum Gasteiger partial charge on any atom is -0.348 e. The first-order valence-corrected chi connectivity index (χ1v) is 8.40. The highest BCUT2D eigenvalue weighted by Gasteiger charge is 2.04. The van der Waals surface area contributed by atoms with Crippen molar-refractivity contribution in [3.05, 3.63) is 77.2 Å². The van der Waals surface area contributed by atoms with Gasteiger partial charge in [0.2, 0.25) is 5.91 Å². The lowest BCUT2D eigenvalue weighted by molar-refractivity contribution is -0.116. The summed E-state index contributed by atoms with van der Waals surface area (Å²) in [6, 6.07) is 18.2. The number of carbonyl (C=O) groups excluding carboxylic acids is 1. The van der Waals surface area contributed by atoms with Crippen molar-refractivity contribution in [3.8, 4) is 0 Å². The number of rotatable bonds is 7. The topological polar surface area (TPSA) is 32.3 Å². The number of amides is 1. The molecule has 0 unspecified atom stereocenters. The van der Waals surface area contributed by atoms with Crippen LogP contribution < -0.4 is 5.32 Å². The van der Waals surface area contributed by atoms with Crippen molar-refractivity contribution in [2.75, 3.05) is 14.1 Å². The molecule has 0 heterocycles. The normalized spacial score (nSPS) is 11.1. The third kappa shape index (κ3) is 6.30. The Morgan fingerprint density at radius 2 is 1.70 bits per heavy atom. The highest BCUT2D eigenvalue weighted by Crippen LogP contribution is 2.17. The summed E-state index contributed by atoms with van der Waals surface area (Å²) in [4.78, 5) is 15.2. The van der Waals surface area contributed by atoms with Crippen molar-refractivity contribution in [3.63, 3.8) is 0 Å². The molecule has 120 valence electrons. The first kappa shape index (κ1) is 17.3. The van der Waals surface area contributed by atoms with Gasteiger partial charge in [-0.1, -0.05) is 54.2 Å². The van der Waals surface area contributed by atoms with Gasteiger partial charge in [0, 0.05) is 24.1 Å². The highest BCUT2D eigenvalue weighted by molar-refractivity contribution is 8.02. The van der Waals surface area contributed by atoms with E-state index in [9.17, 15) is 4.79 Å². The van der Waals surface area contributed by atoms with Crippen LogP contribution in [-0.4, -0.2) is 24.9 Å². The number of hydrogen-bond acceptors (Lipinski definition) is 3. The van der Waals surface area contributed by atoms with Gasteiger partial charge in [0.15, 0.2) is 0 Å². The molecular weight excluding hydrogens is 304 g/mol. The minimum atomic E-state index is -0.0758. The molecule has 0 spiro atoms. The van der Waals surface area contributed by atoms with Crippen LogP contribution in [0.4, 0.5) is 0 Å². The third-order valence-electron chi connectivity index (χ3n) is 3.22. The Balaban J connectivity index is 1.85. The Morgan fingerprint density at radius 3 is 2.39 bits per heavy atom. The van der Waals surface area contributed by atoms with E-state index in [1.807, 2.05) is 62.0 Å². The molecule has 1 N–H and O–H groups in total. The van der Waals surface area contributed by atoms with Crippen LogP contribution in [0, 0.1) is 0 Å². The Morgan fingerprint density at radius 1 is 1.04 bits per heavy atom. The van der Waals surface area contributed by atoms with E-state index in [2.05, 4.69) is 22.3 Å². The van der Waals surface area contributed by atoms with Gasteiger partial charge in [-0.3, -0.25) is 4.79 Å². The molecule has 0 bridgehead atoms. The lowest BCUT2D eigenvalue weighted by Gasteiger charge is -2.14. The number of thioether (sulfide) groups is 1. The maximum Gasteiger partial charge on any atom is 0.244 e. The molecule has 0 aromatic heterocycles. The van der Waals surface area contributed by atoms with Crippen molar-refractivity contribution >= 4 is 17.7 Å². The van der Waals surface area contributed by atoms with Crippen LogP contribution >= 0.6 is 11.8 Å². The second kappa shape index (κ2) is 9.18. The Hall–Kier alpha value is -2.04. The van der Waals surface area contributed by atoms with Crippen molar-refractivity contribution < 1.29 is 4.79 Å². The van der Waals surface area contributed by atoms with Crippen molar-refractivity contribution in [1.29, 1.82) is 0 Å². The van der Waals surface area contributed by atoms with Crippen LogP contribution in [0.1, 0.15) is 11.1 Å². The molecule has 0 atom stereocenters. The SMILES string of the molecule is CN(C)Cc1ccccc1CNC(=O)/C=C/Sc1ccccc1. The third-order valence-corrected chi connectivity index (χ3v) is 4.04. The molecule has 0 aliphatic carbocycles. The summed E-state index contributed by atoms with van der Waals surface area (Å²) >= 11 is 1.53. The molecule has 3 nitrogen and oxygen atoms in total. The number of benzene rings is 2. The van der Waals surface area contributed by atoms with E-state index in [1.54, 1.807) is 6.08 Å². The van der Waals surface area contributed by atoms with Gasteiger partial charge in [0.1, 0.15) is 0 Å². The first-order valence-electron chi connectivity index (χ1n) is 7.53. The summed E-state index contributed by atoms with van der Waals surface area (Å²) in [5.41, 5.74) is 2.39. The Kier molecular flexibility index (Phi) is 6.91. The minimum absolute atomic E-state index is 0.0758. The van der Waals surface area contributed by atoms with E-state index < -0.39 is 0 Å². The van der Waals surface area contributed by atoms with Gasteiger partial charge in [-0.05, 0) is 42.8 Å². The van der Waals surface area contributed by atoms with Crippen molar-refractivity contribution in [1.82, 2.24) is 10.2 Å². The van der Waals surface area contributed by atoms with Gasteiger partial charge in [0.25, 0.3) is 0 Å². The van der Waals surface area contributed by atoms with Crippen molar-refractivity contribution in [2.24, 2.45) is 0 Å². The van der Waals surface area contributed by atoms with E-state index in [-0.39, 0.29) is 5.91 Å². The zero-order valence-corrected chi connectivity index (χ0v) is 14.3. The largest absolute Gasteiger partial charge is 0.348 e. The number of nitrogens with zero attached hydrogens (tertiary/aromatic N) is 1. The predicted octanol–water partition coefficient (Wildman–Crippen LogP) is 3.67. The summed E-state index contributed by atoms with van der Waals surface area (Å²) in [6.45, 7) is 1.41. The first-order chi connectivity index (χ1) is 11.1. The number of hydrogen-bond donors (Lipinski definition) is 1. The molecule has 0 radical (unpaired) electrons. The van der Waals surface area contributed by atoms with E-state index >= 15 is 0 Å². The molecule has 2 rings (SSSR count). The summed E-state index contributed by atoms with van der Waals surface area (Å²) in [5, 5.41) is 4.76. The monoisotopic (exact) mass is 326 g/mol. The predicted molar refractivity (Wildman–Crippen MR) is 97.1 cm³/mol. The summed E-state index contributed by atoms with van der Waals surface area (Å²) in [7, 11) is 4.08. The molecule has 23 heavy (non-hydrogen) atoms. The van der Waals surface area contributed by atoms with Gasteiger partial charge >= 0.3 is 0 Å². The number of carbonyl (C=O) groups is 1. The van der Waals surface area contributed by atoms with Gasteiger partial charge in [-0.2, -0.15) is 0 Å². The summed E-state index contributed by atoms with van der Waals surface area (Å²) in [5.74, 6) is -0.0758. The summed E-state index contributed by atoms with van der Waals surface area (Å²) in [6.07, 6.45) is 1.58. The maximum absolute atomic E-state index is 11.9. The zero-order valence-electron chi connectivity index (χ0n) is 13.5. The van der Waals surface area contributed by atoms with Crippen LogP contribution in [0.3, 0.4) is 0 Å². The van der Waals surface area contributed by atoms with Crippen LogP contribution in [0.15, 0.2) is 71.0 Å².